The summed E-state index contributed by atoms with van der Waals surface area (Å²) in [4.78, 5) is 18.8. The molecule has 0 N–H and O–H groups in total. The van der Waals surface area contributed by atoms with Crippen LogP contribution in [-0.2, 0) is 13.1 Å². The van der Waals surface area contributed by atoms with Crippen LogP contribution in [0, 0.1) is 0 Å². The summed E-state index contributed by atoms with van der Waals surface area (Å²) in [5.41, 5.74) is 0.699. The maximum absolute atomic E-state index is 13.2. The molecule has 31 heavy (non-hydrogen) atoms. The Labute approximate surface area is 178 Å². The molecule has 10 heteroatoms. The van der Waals surface area contributed by atoms with E-state index in [4.69, 9.17) is 20.4 Å². The predicted octanol–water partition coefficient (Wildman–Crippen LogP) is 5.82. The summed E-state index contributed by atoms with van der Waals surface area (Å²) in [6.07, 6.45) is -3.51. The molecule has 0 aliphatic carbocycles. The summed E-state index contributed by atoms with van der Waals surface area (Å²) in [5, 5.41) is 0.467. The first kappa shape index (κ1) is 20.8. The van der Waals surface area contributed by atoms with Crippen molar-refractivity contribution in [2.75, 3.05) is 0 Å². The average Bonchev–Trinajstić information content (AvgIpc) is 3.35. The Bertz CT molecular complexity index is 1210. The first-order valence-corrected chi connectivity index (χ1v) is 9.38. The van der Waals surface area contributed by atoms with E-state index < -0.39 is 18.0 Å². The number of aromatic nitrogens is 1. The second-order valence-electron chi connectivity index (χ2n) is 6.50. The summed E-state index contributed by atoms with van der Waals surface area (Å²) in [7, 11) is 0. The third kappa shape index (κ3) is 5.00. The summed E-state index contributed by atoms with van der Waals surface area (Å²) in [6.45, 7) is -0.141. The van der Waals surface area contributed by atoms with Gasteiger partial charge in [0.15, 0.2) is 5.58 Å². The number of alkyl halides is 3. The molecule has 6 nitrogen and oxygen atoms in total. The minimum absolute atomic E-state index is 0.0222. The first-order chi connectivity index (χ1) is 14.8. The zero-order valence-corrected chi connectivity index (χ0v) is 16.5. The number of carbonyl (C=O) groups excluding carboxylic acids is 1. The van der Waals surface area contributed by atoms with Crippen molar-refractivity contribution in [3.63, 3.8) is 0 Å². The molecule has 160 valence electrons. The highest BCUT2D eigenvalue weighted by atomic mass is 35.5. The molecule has 2 aromatic carbocycles. The predicted molar refractivity (Wildman–Crippen MR) is 104 cm³/mol. The van der Waals surface area contributed by atoms with Crippen molar-refractivity contribution >= 4 is 28.6 Å². The van der Waals surface area contributed by atoms with Crippen molar-refractivity contribution in [1.82, 2.24) is 9.88 Å². The lowest BCUT2D eigenvalue weighted by Gasteiger charge is -2.22. The maximum atomic E-state index is 13.2. The fourth-order valence-electron chi connectivity index (χ4n) is 3.00. The van der Waals surface area contributed by atoms with Crippen molar-refractivity contribution in [3.8, 4) is 5.75 Å². The SMILES string of the molecule is O=C(c1ccccc1OC(F)(F)F)N(Cc1ccco1)Cc1nc2cc(Cl)ccc2o1. The van der Waals surface area contributed by atoms with Crippen molar-refractivity contribution in [2.24, 2.45) is 0 Å². The van der Waals surface area contributed by atoms with E-state index in [1.54, 1.807) is 30.3 Å². The van der Waals surface area contributed by atoms with Gasteiger partial charge >= 0.3 is 6.36 Å². The number of fused-ring (bicyclic) bond motifs is 1. The molecule has 0 aliphatic heterocycles. The standard InChI is InChI=1S/C21H14ClF3N2O4/c22-13-7-8-18-16(10-13)26-19(30-18)12-27(11-14-4-3-9-29-14)20(28)15-5-1-2-6-17(15)31-21(23,24)25/h1-10H,11-12H2. The molecule has 4 aromatic rings. The van der Waals surface area contributed by atoms with Gasteiger partial charge in [0, 0.05) is 5.02 Å². The van der Waals surface area contributed by atoms with Gasteiger partial charge in [-0.2, -0.15) is 0 Å². The first-order valence-electron chi connectivity index (χ1n) is 9.00. The molecule has 0 saturated heterocycles. The van der Waals surface area contributed by atoms with Gasteiger partial charge in [-0.15, -0.1) is 13.2 Å². The summed E-state index contributed by atoms with van der Waals surface area (Å²) >= 11 is 5.96. The summed E-state index contributed by atoms with van der Waals surface area (Å²) in [5.74, 6) is -0.696. The van der Waals surface area contributed by atoms with E-state index in [1.807, 2.05) is 0 Å². The molecule has 0 saturated carbocycles. The van der Waals surface area contributed by atoms with Gasteiger partial charge in [0.1, 0.15) is 17.0 Å². The van der Waals surface area contributed by atoms with Gasteiger partial charge in [-0.05, 0) is 42.5 Å². The molecule has 2 heterocycles. The van der Waals surface area contributed by atoms with Crippen molar-refractivity contribution in [3.05, 3.63) is 83.1 Å². The van der Waals surface area contributed by atoms with Gasteiger partial charge in [0.25, 0.3) is 5.91 Å². The highest BCUT2D eigenvalue weighted by Crippen LogP contribution is 2.28. The zero-order valence-electron chi connectivity index (χ0n) is 15.7. The number of oxazole rings is 1. The van der Waals surface area contributed by atoms with Crippen LogP contribution in [0.2, 0.25) is 5.02 Å². The number of hydrogen-bond acceptors (Lipinski definition) is 5. The Morgan fingerprint density at radius 1 is 1.10 bits per heavy atom. The van der Waals surface area contributed by atoms with E-state index in [0.29, 0.717) is 21.9 Å². The third-order valence-corrected chi connectivity index (χ3v) is 4.51. The van der Waals surface area contributed by atoms with Gasteiger partial charge in [-0.3, -0.25) is 4.79 Å². The molecule has 0 aliphatic rings. The molecule has 0 fully saturated rings. The number of furan rings is 1. The number of para-hydroxylation sites is 1. The van der Waals surface area contributed by atoms with E-state index in [0.717, 1.165) is 6.07 Å². The fraction of sp³-hybridized carbons (Fsp3) is 0.143. The molecule has 0 radical (unpaired) electrons. The summed E-state index contributed by atoms with van der Waals surface area (Å²) < 4.78 is 53.4. The van der Waals surface area contributed by atoms with Gasteiger partial charge in [0.05, 0.1) is 24.9 Å². The van der Waals surface area contributed by atoms with Gasteiger partial charge in [0.2, 0.25) is 5.89 Å². The lowest BCUT2D eigenvalue weighted by molar-refractivity contribution is -0.274. The van der Waals surface area contributed by atoms with Crippen LogP contribution in [0.4, 0.5) is 13.2 Å². The lowest BCUT2D eigenvalue weighted by Crippen LogP contribution is -2.31. The number of rotatable bonds is 6. The van der Waals surface area contributed by atoms with Crippen LogP contribution in [0.1, 0.15) is 22.0 Å². The van der Waals surface area contributed by atoms with Crippen LogP contribution in [0.15, 0.2) is 69.7 Å². The van der Waals surface area contributed by atoms with Crippen LogP contribution in [0.5, 0.6) is 5.75 Å². The Morgan fingerprint density at radius 2 is 1.90 bits per heavy atom. The van der Waals surface area contributed by atoms with E-state index in [1.165, 1.54) is 29.4 Å². The number of hydrogen-bond donors (Lipinski definition) is 0. The Kier molecular flexibility index (Phi) is 5.60. The van der Waals surface area contributed by atoms with E-state index >= 15 is 0 Å². The molecule has 2 aromatic heterocycles. The highest BCUT2D eigenvalue weighted by molar-refractivity contribution is 6.31. The second-order valence-corrected chi connectivity index (χ2v) is 6.94. The largest absolute Gasteiger partial charge is 0.573 e. The van der Waals surface area contributed by atoms with Crippen molar-refractivity contribution in [1.29, 1.82) is 0 Å². The van der Waals surface area contributed by atoms with Crippen LogP contribution in [0.25, 0.3) is 11.1 Å². The van der Waals surface area contributed by atoms with E-state index in [2.05, 4.69) is 9.72 Å². The average molecular weight is 451 g/mol. The highest BCUT2D eigenvalue weighted by Gasteiger charge is 2.33. The number of nitrogens with zero attached hydrogens (tertiary/aromatic N) is 2. The topological polar surface area (TPSA) is 68.7 Å². The number of amides is 1. The molecule has 0 spiro atoms. The lowest BCUT2D eigenvalue weighted by atomic mass is 10.1. The molecule has 0 bridgehead atoms. The Morgan fingerprint density at radius 3 is 2.65 bits per heavy atom. The monoisotopic (exact) mass is 450 g/mol. The van der Waals surface area contributed by atoms with Gasteiger partial charge in [-0.1, -0.05) is 23.7 Å². The number of benzene rings is 2. The van der Waals surface area contributed by atoms with E-state index in [9.17, 15) is 18.0 Å². The molecular weight excluding hydrogens is 437 g/mol. The smallest absolute Gasteiger partial charge is 0.467 e. The Hall–Kier alpha value is -3.46. The fourth-order valence-corrected chi connectivity index (χ4v) is 3.16. The normalized spacial score (nSPS) is 11.6. The van der Waals surface area contributed by atoms with E-state index in [-0.39, 0.29) is 24.5 Å². The van der Waals surface area contributed by atoms with Gasteiger partial charge in [-0.25, -0.2) is 4.98 Å². The van der Waals surface area contributed by atoms with Crippen molar-refractivity contribution < 1.29 is 31.5 Å². The molecule has 0 unspecified atom stereocenters. The third-order valence-electron chi connectivity index (χ3n) is 4.28. The van der Waals surface area contributed by atoms with Crippen LogP contribution >= 0.6 is 11.6 Å². The molecule has 0 atom stereocenters. The Balaban J connectivity index is 1.67. The number of ether oxygens (including phenoxy) is 1. The van der Waals surface area contributed by atoms with Crippen LogP contribution < -0.4 is 4.74 Å². The number of halogens is 4. The zero-order chi connectivity index (χ0) is 22.0. The molecule has 1 amide bonds. The minimum atomic E-state index is -4.94. The second kappa shape index (κ2) is 8.35. The number of carbonyl (C=O) groups is 1. The van der Waals surface area contributed by atoms with Gasteiger partial charge < -0.3 is 18.5 Å². The van der Waals surface area contributed by atoms with Crippen LogP contribution in [0.3, 0.4) is 0 Å². The molecular formula is C21H14ClF3N2O4. The minimum Gasteiger partial charge on any atom is -0.467 e. The maximum Gasteiger partial charge on any atom is 0.573 e. The van der Waals surface area contributed by atoms with Crippen LogP contribution in [-0.4, -0.2) is 22.2 Å². The quantitative estimate of drug-likeness (QED) is 0.370. The molecule has 4 rings (SSSR count). The summed E-state index contributed by atoms with van der Waals surface area (Å²) in [6, 6.07) is 13.3. The van der Waals surface area contributed by atoms with Crippen molar-refractivity contribution in [2.45, 2.75) is 19.5 Å².